The molecule has 1 aromatic rings. The number of carbonyl (C=O) groups is 1. The SMILES string of the molecule is NS(=O)(=O)c1ccc(NC(=O)N(CC2CCOC2)C2CC2)cc1. The van der Waals surface area contributed by atoms with E-state index in [4.69, 9.17) is 9.88 Å². The molecule has 0 bridgehead atoms. The smallest absolute Gasteiger partial charge is 0.322 e. The molecule has 23 heavy (non-hydrogen) atoms. The number of benzene rings is 1. The molecule has 7 nitrogen and oxygen atoms in total. The molecule has 2 aliphatic rings. The second-order valence-corrected chi connectivity index (χ2v) is 7.67. The van der Waals surface area contributed by atoms with E-state index in [1.54, 1.807) is 12.1 Å². The molecule has 3 rings (SSSR count). The molecule has 8 heteroatoms. The molecule has 1 unspecified atom stereocenters. The van der Waals surface area contributed by atoms with Crippen LogP contribution in [0.3, 0.4) is 0 Å². The second-order valence-electron chi connectivity index (χ2n) is 6.11. The van der Waals surface area contributed by atoms with E-state index >= 15 is 0 Å². The fourth-order valence-corrected chi connectivity index (χ4v) is 3.23. The monoisotopic (exact) mass is 339 g/mol. The van der Waals surface area contributed by atoms with Gasteiger partial charge in [-0.25, -0.2) is 18.4 Å². The first-order valence-corrected chi connectivity index (χ1v) is 9.26. The predicted octanol–water partition coefficient (Wildman–Crippen LogP) is 1.37. The Morgan fingerprint density at radius 2 is 1.96 bits per heavy atom. The van der Waals surface area contributed by atoms with Crippen molar-refractivity contribution in [3.8, 4) is 0 Å². The van der Waals surface area contributed by atoms with Crippen LogP contribution in [0.15, 0.2) is 29.2 Å². The highest BCUT2D eigenvalue weighted by Gasteiger charge is 2.34. The van der Waals surface area contributed by atoms with Crippen LogP contribution in [0.4, 0.5) is 10.5 Å². The topological polar surface area (TPSA) is 102 Å². The standard InChI is InChI=1S/C15H21N3O4S/c16-23(20,21)14-5-1-12(2-6-14)17-15(19)18(13-3-4-13)9-11-7-8-22-10-11/h1-2,5-6,11,13H,3-4,7-10H2,(H,17,19)(H2,16,20,21). The molecule has 2 fully saturated rings. The molecule has 1 saturated carbocycles. The molecule has 126 valence electrons. The average Bonchev–Trinajstić information content (AvgIpc) is 3.20. The average molecular weight is 339 g/mol. The Kier molecular flexibility index (Phi) is 4.56. The van der Waals surface area contributed by atoms with Crippen molar-refractivity contribution in [1.29, 1.82) is 0 Å². The Bertz CT molecular complexity index is 664. The Hall–Kier alpha value is -1.64. The lowest BCUT2D eigenvalue weighted by Gasteiger charge is -2.25. The van der Waals surface area contributed by atoms with Gasteiger partial charge in [0.25, 0.3) is 0 Å². The van der Waals surface area contributed by atoms with Gasteiger partial charge in [-0.2, -0.15) is 0 Å². The highest BCUT2D eigenvalue weighted by Crippen LogP contribution is 2.29. The van der Waals surface area contributed by atoms with Crippen molar-refractivity contribution in [2.24, 2.45) is 11.1 Å². The molecule has 1 saturated heterocycles. The summed E-state index contributed by atoms with van der Waals surface area (Å²) in [6.07, 6.45) is 3.05. The molecular weight excluding hydrogens is 318 g/mol. The molecule has 1 aliphatic carbocycles. The fourth-order valence-electron chi connectivity index (χ4n) is 2.71. The summed E-state index contributed by atoms with van der Waals surface area (Å²) >= 11 is 0. The lowest BCUT2D eigenvalue weighted by Crippen LogP contribution is -2.40. The van der Waals surface area contributed by atoms with Gasteiger partial charge in [0.2, 0.25) is 10.0 Å². The number of hydrogen-bond acceptors (Lipinski definition) is 4. The van der Waals surface area contributed by atoms with Gasteiger partial charge < -0.3 is 15.0 Å². The summed E-state index contributed by atoms with van der Waals surface area (Å²) in [5.41, 5.74) is 0.552. The largest absolute Gasteiger partial charge is 0.381 e. The van der Waals surface area contributed by atoms with Crippen LogP contribution in [0, 0.1) is 5.92 Å². The summed E-state index contributed by atoms with van der Waals surface area (Å²) in [6, 6.07) is 6.01. The molecule has 0 aromatic heterocycles. The Labute approximate surface area is 135 Å². The van der Waals surface area contributed by atoms with E-state index in [1.807, 2.05) is 4.90 Å². The molecule has 0 spiro atoms. The number of primary sulfonamides is 1. The Morgan fingerprint density at radius 3 is 2.48 bits per heavy atom. The first-order valence-electron chi connectivity index (χ1n) is 7.72. The van der Waals surface area contributed by atoms with Crippen LogP contribution in [0.1, 0.15) is 19.3 Å². The van der Waals surface area contributed by atoms with Gasteiger partial charge in [0.1, 0.15) is 0 Å². The third-order valence-electron chi connectivity index (χ3n) is 4.16. The Balaban J connectivity index is 1.64. The molecule has 1 aromatic carbocycles. The normalized spacial score (nSPS) is 21.2. The van der Waals surface area contributed by atoms with Crippen LogP contribution < -0.4 is 10.5 Å². The number of nitrogens with zero attached hydrogens (tertiary/aromatic N) is 1. The predicted molar refractivity (Wildman–Crippen MR) is 85.5 cm³/mol. The maximum Gasteiger partial charge on any atom is 0.322 e. The molecule has 0 radical (unpaired) electrons. The summed E-state index contributed by atoms with van der Waals surface area (Å²) in [5, 5.41) is 7.89. The van der Waals surface area contributed by atoms with Crippen LogP contribution >= 0.6 is 0 Å². The van der Waals surface area contributed by atoms with E-state index in [9.17, 15) is 13.2 Å². The number of nitrogens with one attached hydrogen (secondary N) is 1. The van der Waals surface area contributed by atoms with Crippen LogP contribution in [0.5, 0.6) is 0 Å². The lowest BCUT2D eigenvalue weighted by molar-refractivity contribution is 0.167. The van der Waals surface area contributed by atoms with E-state index in [2.05, 4.69) is 5.32 Å². The van der Waals surface area contributed by atoms with Gasteiger partial charge in [0.15, 0.2) is 0 Å². The van der Waals surface area contributed by atoms with Crippen molar-refractivity contribution in [3.63, 3.8) is 0 Å². The van der Waals surface area contributed by atoms with Crippen LogP contribution in [0.25, 0.3) is 0 Å². The van der Waals surface area contributed by atoms with Gasteiger partial charge in [-0.1, -0.05) is 0 Å². The van der Waals surface area contributed by atoms with Crippen LogP contribution in [0.2, 0.25) is 0 Å². The number of carbonyl (C=O) groups excluding carboxylic acids is 1. The molecule has 1 atom stereocenters. The van der Waals surface area contributed by atoms with Gasteiger partial charge in [-0.15, -0.1) is 0 Å². The summed E-state index contributed by atoms with van der Waals surface area (Å²) in [6.45, 7) is 2.17. The van der Waals surface area contributed by atoms with Crippen molar-refractivity contribution in [1.82, 2.24) is 4.90 Å². The van der Waals surface area contributed by atoms with E-state index in [0.717, 1.165) is 25.9 Å². The summed E-state index contributed by atoms with van der Waals surface area (Å²) in [7, 11) is -3.72. The molecule has 2 amide bonds. The van der Waals surface area contributed by atoms with Crippen LogP contribution in [-0.2, 0) is 14.8 Å². The van der Waals surface area contributed by atoms with Crippen molar-refractivity contribution in [2.75, 3.05) is 25.1 Å². The zero-order chi connectivity index (χ0) is 16.4. The number of rotatable bonds is 5. The summed E-state index contributed by atoms with van der Waals surface area (Å²) in [4.78, 5) is 14.4. The summed E-state index contributed by atoms with van der Waals surface area (Å²) in [5.74, 6) is 0.395. The van der Waals surface area contributed by atoms with E-state index in [0.29, 0.717) is 30.8 Å². The second kappa shape index (κ2) is 6.46. The third-order valence-corrected chi connectivity index (χ3v) is 5.09. The number of nitrogens with two attached hydrogens (primary N) is 1. The number of sulfonamides is 1. The number of urea groups is 1. The first-order chi connectivity index (χ1) is 10.9. The zero-order valence-corrected chi connectivity index (χ0v) is 13.6. The van der Waals surface area contributed by atoms with E-state index < -0.39 is 10.0 Å². The van der Waals surface area contributed by atoms with Crippen LogP contribution in [-0.4, -0.2) is 45.1 Å². The van der Waals surface area contributed by atoms with E-state index in [1.165, 1.54) is 12.1 Å². The molecule has 1 heterocycles. The van der Waals surface area contributed by atoms with Crippen molar-refractivity contribution in [3.05, 3.63) is 24.3 Å². The summed E-state index contributed by atoms with van der Waals surface area (Å²) < 4.78 is 27.8. The highest BCUT2D eigenvalue weighted by atomic mass is 32.2. The van der Waals surface area contributed by atoms with Crippen molar-refractivity contribution in [2.45, 2.75) is 30.2 Å². The molecular formula is C15H21N3O4S. The lowest BCUT2D eigenvalue weighted by atomic mass is 10.1. The van der Waals surface area contributed by atoms with Gasteiger partial charge in [0, 0.05) is 30.8 Å². The maximum atomic E-state index is 12.5. The van der Waals surface area contributed by atoms with Crippen molar-refractivity contribution >= 4 is 21.7 Å². The minimum Gasteiger partial charge on any atom is -0.381 e. The molecule has 3 N–H and O–H groups in total. The molecule has 1 aliphatic heterocycles. The first kappa shape index (κ1) is 16.2. The van der Waals surface area contributed by atoms with Gasteiger partial charge in [-0.05, 0) is 43.5 Å². The fraction of sp³-hybridized carbons (Fsp3) is 0.533. The number of anilines is 1. The third kappa shape index (κ3) is 4.21. The van der Waals surface area contributed by atoms with Gasteiger partial charge in [0.05, 0.1) is 11.5 Å². The number of ether oxygens (including phenoxy) is 1. The van der Waals surface area contributed by atoms with Crippen molar-refractivity contribution < 1.29 is 17.9 Å². The van der Waals surface area contributed by atoms with Gasteiger partial charge in [-0.3, -0.25) is 0 Å². The Morgan fingerprint density at radius 1 is 1.26 bits per heavy atom. The quantitative estimate of drug-likeness (QED) is 0.846. The van der Waals surface area contributed by atoms with E-state index in [-0.39, 0.29) is 10.9 Å². The number of hydrogen-bond donors (Lipinski definition) is 2. The zero-order valence-electron chi connectivity index (χ0n) is 12.8. The minimum absolute atomic E-state index is 0.0256. The maximum absolute atomic E-state index is 12.5. The highest BCUT2D eigenvalue weighted by molar-refractivity contribution is 7.89. The number of amides is 2. The minimum atomic E-state index is -3.72. The van der Waals surface area contributed by atoms with Gasteiger partial charge >= 0.3 is 6.03 Å².